The molecule has 1 spiro atoms. The maximum absolute atomic E-state index is 13.4. The molecule has 3 N–H and O–H groups in total. The van der Waals surface area contributed by atoms with Crippen molar-refractivity contribution in [2.75, 3.05) is 24.3 Å². The van der Waals surface area contributed by atoms with Gasteiger partial charge >= 0.3 is 6.18 Å². The van der Waals surface area contributed by atoms with Crippen molar-refractivity contribution in [3.63, 3.8) is 0 Å². The standard InChI is InChI=1S/C29H33F3N4O2/c1-16(19-12-20(29(30,31)32)14-21(33)13-19)34-27-25-15-24(18-6-8-28(9-7-18)37-10-11-38-28)22-4-3-5-23(22)26(25)35-17(2)36-27/h12-16,18H,3-11,33H2,1-2H3,(H,34,35,36)/t16-/m1/s1. The van der Waals surface area contributed by atoms with Crippen LogP contribution in [0.25, 0.3) is 10.9 Å². The van der Waals surface area contributed by atoms with Crippen molar-refractivity contribution in [1.82, 2.24) is 9.97 Å². The van der Waals surface area contributed by atoms with E-state index in [1.165, 1.54) is 16.7 Å². The minimum Gasteiger partial charge on any atom is -0.399 e. The quantitative estimate of drug-likeness (QED) is 0.373. The lowest BCUT2D eigenvalue weighted by Crippen LogP contribution is -2.34. The molecule has 1 aliphatic heterocycles. The number of nitrogens with one attached hydrogen (secondary N) is 1. The van der Waals surface area contributed by atoms with E-state index < -0.39 is 23.6 Å². The average Bonchev–Trinajstić information content (AvgIpc) is 3.54. The van der Waals surface area contributed by atoms with Gasteiger partial charge in [0.15, 0.2) is 5.79 Å². The highest BCUT2D eigenvalue weighted by molar-refractivity contribution is 5.93. The molecule has 1 atom stereocenters. The molecule has 2 heterocycles. The number of alkyl halides is 3. The zero-order chi connectivity index (χ0) is 26.7. The summed E-state index contributed by atoms with van der Waals surface area (Å²) in [5.41, 5.74) is 10.6. The van der Waals surface area contributed by atoms with Gasteiger partial charge in [-0.25, -0.2) is 9.97 Å². The lowest BCUT2D eigenvalue weighted by atomic mass is 9.78. The Kier molecular flexibility index (Phi) is 6.26. The van der Waals surface area contributed by atoms with E-state index in [0.29, 0.717) is 36.3 Å². The monoisotopic (exact) mass is 526 g/mol. The number of benzene rings is 2. The second kappa shape index (κ2) is 9.38. The van der Waals surface area contributed by atoms with Crippen molar-refractivity contribution >= 4 is 22.4 Å². The van der Waals surface area contributed by atoms with E-state index in [1.54, 1.807) is 6.07 Å². The molecule has 202 valence electrons. The first-order chi connectivity index (χ1) is 18.1. The molecule has 6 nitrogen and oxygen atoms in total. The van der Waals surface area contributed by atoms with Gasteiger partial charge in [-0.3, -0.25) is 0 Å². The minimum absolute atomic E-state index is 0.0811. The number of halogens is 3. The molecule has 9 heteroatoms. The van der Waals surface area contributed by atoms with Crippen LogP contribution in [0.15, 0.2) is 24.3 Å². The first kappa shape index (κ1) is 25.4. The lowest BCUT2D eigenvalue weighted by molar-refractivity contribution is -0.178. The van der Waals surface area contributed by atoms with Crippen molar-refractivity contribution in [3.05, 3.63) is 57.9 Å². The Bertz CT molecular complexity index is 1370. The van der Waals surface area contributed by atoms with E-state index in [-0.39, 0.29) is 5.69 Å². The van der Waals surface area contributed by atoms with Crippen LogP contribution in [0.1, 0.15) is 84.6 Å². The highest BCUT2D eigenvalue weighted by atomic mass is 19.4. The number of hydrogen-bond acceptors (Lipinski definition) is 6. The highest BCUT2D eigenvalue weighted by Gasteiger charge is 2.41. The number of anilines is 2. The summed E-state index contributed by atoms with van der Waals surface area (Å²) in [4.78, 5) is 9.55. The number of nitrogen functional groups attached to an aromatic ring is 1. The van der Waals surface area contributed by atoms with Gasteiger partial charge in [-0.05, 0) is 98.4 Å². The van der Waals surface area contributed by atoms with Gasteiger partial charge in [0.1, 0.15) is 11.6 Å². The third-order valence-corrected chi connectivity index (χ3v) is 8.37. The van der Waals surface area contributed by atoms with Gasteiger partial charge in [-0.2, -0.15) is 13.2 Å². The van der Waals surface area contributed by atoms with Gasteiger partial charge in [0.25, 0.3) is 0 Å². The molecule has 0 amide bonds. The zero-order valence-corrected chi connectivity index (χ0v) is 21.8. The number of aryl methyl sites for hydroxylation is 2. The van der Waals surface area contributed by atoms with Crippen LogP contribution in [-0.4, -0.2) is 29.0 Å². The summed E-state index contributed by atoms with van der Waals surface area (Å²) < 4.78 is 52.2. The van der Waals surface area contributed by atoms with E-state index >= 15 is 0 Å². The number of aromatic nitrogens is 2. The molecule has 1 saturated carbocycles. The molecule has 2 fully saturated rings. The van der Waals surface area contributed by atoms with Crippen molar-refractivity contribution < 1.29 is 22.6 Å². The molecular weight excluding hydrogens is 493 g/mol. The maximum atomic E-state index is 13.4. The largest absolute Gasteiger partial charge is 0.416 e. The van der Waals surface area contributed by atoms with Crippen LogP contribution in [0, 0.1) is 6.92 Å². The fourth-order valence-electron chi connectivity index (χ4n) is 6.52. The molecule has 0 bridgehead atoms. The molecule has 2 aliphatic carbocycles. The third kappa shape index (κ3) is 4.60. The first-order valence-corrected chi connectivity index (χ1v) is 13.5. The smallest absolute Gasteiger partial charge is 0.399 e. The van der Waals surface area contributed by atoms with Gasteiger partial charge in [-0.1, -0.05) is 0 Å². The SMILES string of the molecule is Cc1nc(N[C@H](C)c2cc(N)cc(C(F)(F)F)c2)c2cc(C3CCC4(CC3)OCCO4)c3c(c2n1)CCC3. The van der Waals surface area contributed by atoms with Crippen molar-refractivity contribution in [2.24, 2.45) is 0 Å². The summed E-state index contributed by atoms with van der Waals surface area (Å²) in [6.45, 7) is 5.01. The number of nitrogens with zero attached hydrogens (tertiary/aromatic N) is 2. The number of hydrogen-bond donors (Lipinski definition) is 2. The summed E-state index contributed by atoms with van der Waals surface area (Å²) in [7, 11) is 0. The molecule has 1 aromatic heterocycles. The molecule has 2 aromatic carbocycles. The number of nitrogens with two attached hydrogens (primary N) is 1. The fraction of sp³-hybridized carbons (Fsp3) is 0.517. The fourth-order valence-corrected chi connectivity index (χ4v) is 6.52. The van der Waals surface area contributed by atoms with Crippen LogP contribution >= 0.6 is 0 Å². The molecule has 0 unspecified atom stereocenters. The predicted molar refractivity (Wildman–Crippen MR) is 140 cm³/mol. The highest BCUT2D eigenvalue weighted by Crippen LogP contribution is 2.46. The molecule has 6 rings (SSSR count). The van der Waals surface area contributed by atoms with Crippen LogP contribution in [-0.2, 0) is 28.5 Å². The van der Waals surface area contributed by atoms with Crippen LogP contribution in [0.4, 0.5) is 24.7 Å². The topological polar surface area (TPSA) is 82.3 Å². The van der Waals surface area contributed by atoms with Crippen molar-refractivity contribution in [3.8, 4) is 0 Å². The summed E-state index contributed by atoms with van der Waals surface area (Å²) in [6.07, 6.45) is 2.39. The average molecular weight is 527 g/mol. The van der Waals surface area contributed by atoms with Gasteiger partial charge in [0.05, 0.1) is 30.3 Å². The lowest BCUT2D eigenvalue weighted by Gasteiger charge is -2.36. The first-order valence-electron chi connectivity index (χ1n) is 13.5. The van der Waals surface area contributed by atoms with E-state index in [2.05, 4.69) is 11.4 Å². The van der Waals surface area contributed by atoms with Gasteiger partial charge < -0.3 is 20.5 Å². The minimum atomic E-state index is -4.47. The van der Waals surface area contributed by atoms with Gasteiger partial charge in [-0.15, -0.1) is 0 Å². The van der Waals surface area contributed by atoms with Crippen molar-refractivity contribution in [2.45, 2.75) is 82.7 Å². The van der Waals surface area contributed by atoms with E-state index in [9.17, 15) is 13.2 Å². The van der Waals surface area contributed by atoms with Gasteiger partial charge in [0.2, 0.25) is 0 Å². The summed E-state index contributed by atoms with van der Waals surface area (Å²) in [6, 6.07) is 5.48. The van der Waals surface area contributed by atoms with E-state index in [4.69, 9.17) is 25.2 Å². The Hall–Kier alpha value is -2.91. The molecular formula is C29H33F3N4O2. The molecule has 0 radical (unpaired) electrons. The second-order valence-corrected chi connectivity index (χ2v) is 10.9. The third-order valence-electron chi connectivity index (χ3n) is 8.37. The predicted octanol–water partition coefficient (Wildman–Crippen LogP) is 6.60. The van der Waals surface area contributed by atoms with E-state index in [0.717, 1.165) is 68.0 Å². The van der Waals surface area contributed by atoms with E-state index in [1.807, 2.05) is 13.8 Å². The maximum Gasteiger partial charge on any atom is 0.416 e. The van der Waals surface area contributed by atoms with Crippen LogP contribution in [0.2, 0.25) is 0 Å². The normalized spacial score (nSPS) is 20.2. The Morgan fingerprint density at radius 2 is 1.74 bits per heavy atom. The Labute approximate surface area is 220 Å². The Morgan fingerprint density at radius 3 is 2.45 bits per heavy atom. The van der Waals surface area contributed by atoms with Gasteiger partial charge in [0, 0.05) is 23.9 Å². The van der Waals surface area contributed by atoms with Crippen LogP contribution < -0.4 is 11.1 Å². The number of ether oxygens (including phenoxy) is 2. The number of fused-ring (bicyclic) bond motifs is 3. The molecule has 3 aromatic rings. The molecule has 38 heavy (non-hydrogen) atoms. The summed E-state index contributed by atoms with van der Waals surface area (Å²) >= 11 is 0. The molecule has 3 aliphatic rings. The Morgan fingerprint density at radius 1 is 1.03 bits per heavy atom. The zero-order valence-electron chi connectivity index (χ0n) is 21.8. The summed E-state index contributed by atoms with van der Waals surface area (Å²) in [5, 5.41) is 4.32. The van der Waals surface area contributed by atoms with Crippen LogP contribution in [0.3, 0.4) is 0 Å². The second-order valence-electron chi connectivity index (χ2n) is 10.9. The summed E-state index contributed by atoms with van der Waals surface area (Å²) in [5.74, 6) is 1.26. The van der Waals surface area contributed by atoms with Crippen molar-refractivity contribution in [1.29, 1.82) is 0 Å². The molecule has 1 saturated heterocycles. The van der Waals surface area contributed by atoms with Crippen LogP contribution in [0.5, 0.6) is 0 Å². The Balaban J connectivity index is 1.37. The number of rotatable bonds is 4.